The van der Waals surface area contributed by atoms with Crippen LogP contribution >= 0.6 is 11.6 Å². The van der Waals surface area contributed by atoms with Gasteiger partial charge in [0.2, 0.25) is 5.95 Å². The molecule has 2 heterocycles. The van der Waals surface area contributed by atoms with Crippen molar-refractivity contribution >= 4 is 29.1 Å². The number of nitrogens with two attached hydrogens (primary N) is 1. The van der Waals surface area contributed by atoms with Crippen LogP contribution in [0.1, 0.15) is 12.0 Å². The van der Waals surface area contributed by atoms with Gasteiger partial charge in [-0.2, -0.15) is 10.2 Å². The number of hydrogen-bond acceptors (Lipinski definition) is 6. The van der Waals surface area contributed by atoms with E-state index < -0.39 is 0 Å². The van der Waals surface area contributed by atoms with Crippen LogP contribution in [0.25, 0.3) is 0 Å². The molecule has 0 unspecified atom stereocenters. The fourth-order valence-corrected chi connectivity index (χ4v) is 2.92. The number of rotatable bonds is 2. The van der Waals surface area contributed by atoms with Gasteiger partial charge in [0, 0.05) is 37.9 Å². The minimum atomic E-state index is 0.195. The normalized spacial score (nSPS) is 15.1. The number of halogens is 1. The Balaban J connectivity index is 1.72. The molecule has 0 bridgehead atoms. The van der Waals surface area contributed by atoms with Crippen LogP contribution in [-0.2, 0) is 0 Å². The molecule has 7 heteroatoms. The molecular weight excluding hydrogens is 312 g/mol. The molecule has 0 aliphatic carbocycles. The highest BCUT2D eigenvalue weighted by Gasteiger charge is 2.17. The summed E-state index contributed by atoms with van der Waals surface area (Å²) < 4.78 is 0. The molecule has 1 aliphatic rings. The first-order valence-electron chi connectivity index (χ1n) is 7.46. The lowest BCUT2D eigenvalue weighted by molar-refractivity contribution is 0.796. The zero-order chi connectivity index (χ0) is 16.2. The summed E-state index contributed by atoms with van der Waals surface area (Å²) in [5.74, 6) is 0.963. The predicted octanol–water partition coefficient (Wildman–Crippen LogP) is 2.30. The first-order valence-corrected chi connectivity index (χ1v) is 7.83. The number of aromatic nitrogens is 2. The number of nitriles is 1. The van der Waals surface area contributed by atoms with Crippen LogP contribution in [0.15, 0.2) is 30.3 Å². The monoisotopic (exact) mass is 328 g/mol. The Morgan fingerprint density at radius 1 is 1.04 bits per heavy atom. The van der Waals surface area contributed by atoms with E-state index in [2.05, 4.69) is 25.8 Å². The van der Waals surface area contributed by atoms with E-state index >= 15 is 0 Å². The van der Waals surface area contributed by atoms with Crippen molar-refractivity contribution < 1.29 is 0 Å². The quantitative estimate of drug-likeness (QED) is 0.852. The number of hydrogen-bond donors (Lipinski definition) is 1. The molecule has 1 aliphatic heterocycles. The maximum Gasteiger partial charge on any atom is 0.223 e. The number of nitrogens with zero attached hydrogens (tertiary/aromatic N) is 5. The van der Waals surface area contributed by atoms with Crippen molar-refractivity contribution in [1.82, 2.24) is 9.97 Å². The van der Waals surface area contributed by atoms with Crippen LogP contribution in [0.3, 0.4) is 0 Å². The summed E-state index contributed by atoms with van der Waals surface area (Å²) in [6, 6.07) is 11.6. The molecule has 1 saturated heterocycles. The van der Waals surface area contributed by atoms with Gasteiger partial charge < -0.3 is 15.5 Å². The Hall–Kier alpha value is -2.52. The average molecular weight is 329 g/mol. The van der Waals surface area contributed by atoms with Gasteiger partial charge in [0.25, 0.3) is 0 Å². The molecule has 0 spiro atoms. The summed E-state index contributed by atoms with van der Waals surface area (Å²) in [5, 5.41) is 9.25. The third-order valence-corrected chi connectivity index (χ3v) is 4.07. The van der Waals surface area contributed by atoms with Gasteiger partial charge in [-0.1, -0.05) is 11.6 Å². The Bertz CT molecular complexity index is 704. The first-order chi connectivity index (χ1) is 11.2. The van der Waals surface area contributed by atoms with E-state index in [1.807, 2.05) is 24.3 Å². The minimum absolute atomic E-state index is 0.195. The van der Waals surface area contributed by atoms with Gasteiger partial charge in [0.1, 0.15) is 11.0 Å². The summed E-state index contributed by atoms with van der Waals surface area (Å²) in [5.41, 5.74) is 7.49. The Labute approximate surface area is 140 Å². The van der Waals surface area contributed by atoms with Crippen LogP contribution in [0.5, 0.6) is 0 Å². The van der Waals surface area contributed by atoms with Gasteiger partial charge >= 0.3 is 0 Å². The molecule has 6 nitrogen and oxygen atoms in total. The van der Waals surface area contributed by atoms with Crippen LogP contribution in [0, 0.1) is 11.3 Å². The molecule has 118 valence electrons. The second-order valence-corrected chi connectivity index (χ2v) is 5.78. The van der Waals surface area contributed by atoms with Crippen molar-refractivity contribution in [1.29, 1.82) is 5.26 Å². The van der Waals surface area contributed by atoms with Crippen LogP contribution in [0.2, 0.25) is 5.15 Å². The topological polar surface area (TPSA) is 82.1 Å². The molecule has 3 rings (SSSR count). The van der Waals surface area contributed by atoms with Crippen molar-refractivity contribution in [2.24, 2.45) is 0 Å². The van der Waals surface area contributed by atoms with Gasteiger partial charge in [-0.05, 0) is 30.7 Å². The maximum atomic E-state index is 8.89. The Kier molecular flexibility index (Phi) is 4.49. The van der Waals surface area contributed by atoms with Gasteiger partial charge in [-0.3, -0.25) is 0 Å². The van der Waals surface area contributed by atoms with E-state index in [0.29, 0.717) is 10.7 Å². The molecule has 1 aromatic heterocycles. The second-order valence-electron chi connectivity index (χ2n) is 5.39. The summed E-state index contributed by atoms with van der Waals surface area (Å²) in [4.78, 5) is 12.7. The lowest BCUT2D eigenvalue weighted by Gasteiger charge is -2.24. The van der Waals surface area contributed by atoms with Gasteiger partial charge in [-0.15, -0.1) is 0 Å². The smallest absolute Gasteiger partial charge is 0.223 e. The lowest BCUT2D eigenvalue weighted by Crippen LogP contribution is -2.31. The lowest BCUT2D eigenvalue weighted by atomic mass is 10.2. The molecular formula is C16H17ClN6. The molecule has 0 radical (unpaired) electrons. The van der Waals surface area contributed by atoms with E-state index in [0.717, 1.165) is 44.1 Å². The molecule has 1 aromatic carbocycles. The van der Waals surface area contributed by atoms with E-state index in [4.69, 9.17) is 22.6 Å². The number of nitrogen functional groups attached to an aromatic ring is 1. The van der Waals surface area contributed by atoms with E-state index in [-0.39, 0.29) is 5.95 Å². The molecule has 2 N–H and O–H groups in total. The van der Waals surface area contributed by atoms with Crippen molar-refractivity contribution in [2.75, 3.05) is 41.7 Å². The fraction of sp³-hybridized carbons (Fsp3) is 0.312. The summed E-state index contributed by atoms with van der Waals surface area (Å²) in [7, 11) is 0. The zero-order valence-electron chi connectivity index (χ0n) is 12.6. The standard InChI is InChI=1S/C16H17ClN6/c17-14-10-15(21-16(19)20-14)23-7-1-6-22(8-9-23)13-4-2-12(11-18)3-5-13/h2-5,10H,1,6-9H2,(H2,19,20,21). The molecule has 23 heavy (non-hydrogen) atoms. The van der Waals surface area contributed by atoms with Gasteiger partial charge in [-0.25, -0.2) is 4.98 Å². The molecule has 0 atom stereocenters. The van der Waals surface area contributed by atoms with Crippen LogP contribution < -0.4 is 15.5 Å². The van der Waals surface area contributed by atoms with E-state index in [1.165, 1.54) is 0 Å². The largest absolute Gasteiger partial charge is 0.370 e. The Morgan fingerprint density at radius 3 is 2.43 bits per heavy atom. The van der Waals surface area contributed by atoms with Crippen LogP contribution in [-0.4, -0.2) is 36.1 Å². The van der Waals surface area contributed by atoms with Crippen molar-refractivity contribution in [3.63, 3.8) is 0 Å². The summed E-state index contributed by atoms with van der Waals surface area (Å²) >= 11 is 5.97. The maximum absolute atomic E-state index is 8.89. The SMILES string of the molecule is N#Cc1ccc(N2CCCN(c3cc(Cl)nc(N)n3)CC2)cc1. The molecule has 2 aromatic rings. The third kappa shape index (κ3) is 3.63. The number of benzene rings is 1. The fourth-order valence-electron chi connectivity index (χ4n) is 2.74. The van der Waals surface area contributed by atoms with Gasteiger partial charge in [0.15, 0.2) is 0 Å². The molecule has 0 amide bonds. The highest BCUT2D eigenvalue weighted by Crippen LogP contribution is 2.21. The molecule has 1 fully saturated rings. The average Bonchev–Trinajstić information content (AvgIpc) is 2.80. The minimum Gasteiger partial charge on any atom is -0.370 e. The van der Waals surface area contributed by atoms with E-state index in [9.17, 15) is 0 Å². The molecule has 0 saturated carbocycles. The zero-order valence-corrected chi connectivity index (χ0v) is 13.4. The van der Waals surface area contributed by atoms with Crippen LogP contribution in [0.4, 0.5) is 17.5 Å². The van der Waals surface area contributed by atoms with E-state index in [1.54, 1.807) is 6.07 Å². The highest BCUT2D eigenvalue weighted by molar-refractivity contribution is 6.29. The van der Waals surface area contributed by atoms with Crippen molar-refractivity contribution in [3.05, 3.63) is 41.0 Å². The van der Waals surface area contributed by atoms with Gasteiger partial charge in [0.05, 0.1) is 11.6 Å². The van der Waals surface area contributed by atoms with Crippen molar-refractivity contribution in [2.45, 2.75) is 6.42 Å². The summed E-state index contributed by atoms with van der Waals surface area (Å²) in [6.45, 7) is 3.54. The second kappa shape index (κ2) is 6.71. The third-order valence-electron chi connectivity index (χ3n) is 3.88. The predicted molar refractivity (Wildman–Crippen MR) is 91.7 cm³/mol. The Morgan fingerprint density at radius 2 is 1.74 bits per heavy atom. The number of anilines is 3. The van der Waals surface area contributed by atoms with Crippen molar-refractivity contribution in [3.8, 4) is 6.07 Å². The first kappa shape index (κ1) is 15.4. The highest BCUT2D eigenvalue weighted by atomic mass is 35.5. The summed E-state index contributed by atoms with van der Waals surface area (Å²) in [6.07, 6.45) is 1.00.